The van der Waals surface area contributed by atoms with E-state index in [1.165, 1.54) is 5.56 Å². The number of nitrogens with zero attached hydrogens (tertiary/aromatic N) is 1. The van der Waals surface area contributed by atoms with Gasteiger partial charge in [0, 0.05) is 24.2 Å². The van der Waals surface area contributed by atoms with Gasteiger partial charge in [-0.25, -0.2) is 9.37 Å². The Morgan fingerprint density at radius 1 is 1.09 bits per heavy atom. The van der Waals surface area contributed by atoms with Crippen molar-refractivity contribution in [1.29, 1.82) is 0 Å². The molecule has 3 fully saturated rings. The molecule has 176 valence electrons. The van der Waals surface area contributed by atoms with Gasteiger partial charge in [0.1, 0.15) is 12.4 Å². The van der Waals surface area contributed by atoms with Crippen LogP contribution >= 0.6 is 0 Å². The van der Waals surface area contributed by atoms with Gasteiger partial charge in [0.2, 0.25) is 11.8 Å². The summed E-state index contributed by atoms with van der Waals surface area (Å²) < 4.78 is 23.6. The minimum absolute atomic E-state index is 0.147. The highest BCUT2D eigenvalue weighted by molar-refractivity contribution is 5.83. The lowest BCUT2D eigenvalue weighted by atomic mass is 9.51. The zero-order valence-electron chi connectivity index (χ0n) is 19.5. The molecule has 0 radical (unpaired) electrons. The van der Waals surface area contributed by atoms with Crippen molar-refractivity contribution < 1.29 is 18.7 Å². The maximum atomic E-state index is 13.1. The van der Waals surface area contributed by atoms with Crippen LogP contribution < -0.4 is 14.8 Å². The first-order chi connectivity index (χ1) is 16.0. The van der Waals surface area contributed by atoms with Crippen molar-refractivity contribution in [3.63, 3.8) is 0 Å². The van der Waals surface area contributed by atoms with Gasteiger partial charge in [-0.05, 0) is 79.2 Å². The molecule has 3 aliphatic rings. The summed E-state index contributed by atoms with van der Waals surface area (Å²) in [7, 11) is 1.59. The third kappa shape index (κ3) is 4.90. The van der Waals surface area contributed by atoms with Gasteiger partial charge in [-0.15, -0.1) is 0 Å². The Kier molecular flexibility index (Phi) is 7.01. The number of aromatic nitrogens is 1. The van der Waals surface area contributed by atoms with Gasteiger partial charge in [0.05, 0.1) is 13.4 Å². The summed E-state index contributed by atoms with van der Waals surface area (Å²) in [6.45, 7) is 2.68. The van der Waals surface area contributed by atoms with Gasteiger partial charge < -0.3 is 14.8 Å². The second-order valence-electron chi connectivity index (χ2n) is 9.39. The number of benzene rings is 1. The fourth-order valence-electron chi connectivity index (χ4n) is 5.26. The Morgan fingerprint density at radius 3 is 2.33 bits per heavy atom. The molecule has 6 heteroatoms. The monoisotopic (exact) mass is 452 g/mol. The van der Waals surface area contributed by atoms with E-state index in [1.807, 2.05) is 31.2 Å². The molecule has 0 unspecified atom stereocenters. The van der Waals surface area contributed by atoms with Crippen molar-refractivity contribution in [2.75, 3.05) is 13.7 Å². The van der Waals surface area contributed by atoms with Gasteiger partial charge in [-0.3, -0.25) is 4.79 Å². The highest BCUT2D eigenvalue weighted by Crippen LogP contribution is 2.57. The molecule has 5 nitrogen and oxygen atoms in total. The summed E-state index contributed by atoms with van der Waals surface area (Å²) >= 11 is 0. The van der Waals surface area contributed by atoms with Crippen LogP contribution in [0.4, 0.5) is 4.39 Å². The van der Waals surface area contributed by atoms with E-state index in [1.54, 1.807) is 13.3 Å². The van der Waals surface area contributed by atoms with Crippen molar-refractivity contribution in [1.82, 2.24) is 10.3 Å². The molecule has 33 heavy (non-hydrogen) atoms. The average Bonchev–Trinajstić information content (AvgIpc) is 2.89. The maximum Gasteiger partial charge on any atom is 0.226 e. The van der Waals surface area contributed by atoms with Crippen molar-refractivity contribution in [2.45, 2.75) is 63.8 Å². The molecule has 1 aromatic heterocycles. The molecule has 1 amide bonds. The number of pyridine rings is 1. The number of hydrogen-bond donors (Lipinski definition) is 1. The van der Waals surface area contributed by atoms with E-state index in [0.29, 0.717) is 30.7 Å². The highest BCUT2D eigenvalue weighted by atomic mass is 19.1. The highest BCUT2D eigenvalue weighted by Gasteiger charge is 2.52. The molecule has 3 saturated carbocycles. The fourth-order valence-corrected chi connectivity index (χ4v) is 5.26. The molecule has 1 N–H and O–H groups in total. The second kappa shape index (κ2) is 9.94. The summed E-state index contributed by atoms with van der Waals surface area (Å²) in [4.78, 5) is 17.3. The Morgan fingerprint density at radius 2 is 1.79 bits per heavy atom. The number of hydrogen-bond acceptors (Lipinski definition) is 4. The Balaban J connectivity index is 1.33. The minimum atomic E-state index is -0.250. The van der Waals surface area contributed by atoms with Gasteiger partial charge in [0.15, 0.2) is 0 Å². The lowest BCUT2D eigenvalue weighted by Crippen LogP contribution is -2.51. The lowest BCUT2D eigenvalue weighted by molar-refractivity contribution is -0.138. The number of halogens is 1. The van der Waals surface area contributed by atoms with Crippen molar-refractivity contribution in [3.8, 4) is 11.6 Å². The largest absolute Gasteiger partial charge is 0.489 e. The average molecular weight is 453 g/mol. The van der Waals surface area contributed by atoms with Crippen LogP contribution in [0, 0.1) is 5.41 Å². The third-order valence-electron chi connectivity index (χ3n) is 7.69. The van der Waals surface area contributed by atoms with Crippen LogP contribution in [0.5, 0.6) is 11.6 Å². The predicted octanol–water partition coefficient (Wildman–Crippen LogP) is 5.64. The van der Waals surface area contributed by atoms with E-state index in [9.17, 15) is 9.18 Å². The van der Waals surface area contributed by atoms with Gasteiger partial charge in [-0.1, -0.05) is 25.1 Å². The smallest absolute Gasteiger partial charge is 0.226 e. The van der Waals surface area contributed by atoms with Gasteiger partial charge in [0.25, 0.3) is 0 Å². The van der Waals surface area contributed by atoms with E-state index in [-0.39, 0.29) is 23.3 Å². The van der Waals surface area contributed by atoms with Crippen LogP contribution in [0.15, 0.2) is 54.5 Å². The molecule has 1 aromatic carbocycles. The summed E-state index contributed by atoms with van der Waals surface area (Å²) in [5, 5.41) is 3.15. The number of ether oxygens (including phenoxy) is 2. The molecule has 3 aliphatic carbocycles. The van der Waals surface area contributed by atoms with E-state index in [0.717, 1.165) is 49.8 Å². The number of carbonyl (C=O) groups is 1. The summed E-state index contributed by atoms with van der Waals surface area (Å²) in [5.74, 6) is 1.50. The Labute approximate surface area is 195 Å². The number of nitrogens with one attached hydrogen (secondary N) is 1. The van der Waals surface area contributed by atoms with Crippen LogP contribution in [0.25, 0.3) is 0 Å². The minimum Gasteiger partial charge on any atom is -0.489 e. The molecule has 2 bridgehead atoms. The van der Waals surface area contributed by atoms with Crippen LogP contribution in [0.2, 0.25) is 0 Å². The molecule has 0 aliphatic heterocycles. The fraction of sp³-hybridized carbons (Fsp3) is 0.481. The number of fused-ring (bicyclic) bond motifs is 3. The maximum absolute atomic E-state index is 13.1. The summed E-state index contributed by atoms with van der Waals surface area (Å²) in [6, 6.07) is 12.0. The van der Waals surface area contributed by atoms with Gasteiger partial charge >= 0.3 is 0 Å². The van der Waals surface area contributed by atoms with E-state index in [4.69, 9.17) is 9.47 Å². The SMILES string of the molecule is CC/C(=C\F)COc1ccc(C23CCC(C(=O)NCc4ccc(OC)nc4)(CC2)CC3)cc1. The normalized spacial score (nSPS) is 24.4. The topological polar surface area (TPSA) is 60.5 Å². The summed E-state index contributed by atoms with van der Waals surface area (Å²) in [5.41, 5.74) is 2.84. The van der Waals surface area contributed by atoms with Crippen molar-refractivity contribution >= 4 is 5.91 Å². The first kappa shape index (κ1) is 23.3. The van der Waals surface area contributed by atoms with E-state index < -0.39 is 0 Å². The van der Waals surface area contributed by atoms with Gasteiger partial charge in [-0.2, -0.15) is 0 Å². The third-order valence-corrected chi connectivity index (χ3v) is 7.69. The lowest BCUT2D eigenvalue weighted by Gasteiger charge is -2.52. The summed E-state index contributed by atoms with van der Waals surface area (Å²) in [6.07, 6.45) is 8.84. The number of methoxy groups -OCH3 is 1. The second-order valence-corrected chi connectivity index (χ2v) is 9.39. The molecule has 0 atom stereocenters. The van der Waals surface area contributed by atoms with Crippen LogP contribution in [-0.4, -0.2) is 24.6 Å². The van der Waals surface area contributed by atoms with Crippen molar-refractivity contribution in [3.05, 3.63) is 65.6 Å². The standard InChI is InChI=1S/C27H33FN2O3/c1-3-20(16-28)19-33-23-7-5-22(6-8-23)26-10-13-27(14-11-26,15-12-26)25(31)30-18-21-4-9-24(32-2)29-17-21/h4-9,16-17H,3,10-15,18-19H2,1-2H3,(H,30,31)/b20-16+. The number of rotatable bonds is 9. The number of carbonyl (C=O) groups excluding carboxylic acids is 1. The first-order valence-corrected chi connectivity index (χ1v) is 11.8. The molecule has 2 aromatic rings. The molecular weight excluding hydrogens is 419 g/mol. The molecule has 1 heterocycles. The van der Waals surface area contributed by atoms with Crippen molar-refractivity contribution in [2.24, 2.45) is 5.41 Å². The van der Waals surface area contributed by atoms with E-state index >= 15 is 0 Å². The zero-order valence-corrected chi connectivity index (χ0v) is 19.5. The Bertz CT molecular complexity index is 961. The first-order valence-electron chi connectivity index (χ1n) is 11.8. The van der Waals surface area contributed by atoms with Crippen LogP contribution in [0.3, 0.4) is 0 Å². The van der Waals surface area contributed by atoms with E-state index in [2.05, 4.69) is 22.4 Å². The molecule has 5 rings (SSSR count). The Hall–Kier alpha value is -2.89. The quantitative estimate of drug-likeness (QED) is 0.535. The zero-order chi connectivity index (χ0) is 23.3. The molecular formula is C27H33FN2O3. The van der Waals surface area contributed by atoms with Crippen LogP contribution in [-0.2, 0) is 16.8 Å². The predicted molar refractivity (Wildman–Crippen MR) is 126 cm³/mol. The molecule has 0 spiro atoms. The number of amides is 1. The molecule has 0 saturated heterocycles. The van der Waals surface area contributed by atoms with Crippen LogP contribution in [0.1, 0.15) is 63.0 Å².